The number of aryl methyl sites for hydroxylation is 4. The monoisotopic (exact) mass is 1050 g/mol. The molecule has 4 atom stereocenters. The maximum Gasteiger partial charge on any atom is 0.416 e. The fourth-order valence-electron chi connectivity index (χ4n) is 10.2. The van der Waals surface area contributed by atoms with Gasteiger partial charge in [0.15, 0.2) is 11.6 Å². The Balaban J connectivity index is 0.000000149. The molecule has 0 saturated carbocycles. The number of fused-ring (bicyclic) bond motifs is 4. The predicted octanol–water partition coefficient (Wildman–Crippen LogP) is 9.49. The second-order valence-electron chi connectivity index (χ2n) is 20.2. The smallest absolute Gasteiger partial charge is 0.353 e. The summed E-state index contributed by atoms with van der Waals surface area (Å²) < 4.78 is 74.4. The van der Waals surface area contributed by atoms with Crippen molar-refractivity contribution in [3.63, 3.8) is 0 Å². The first-order chi connectivity index (χ1) is 36.9. The van der Waals surface area contributed by atoms with Gasteiger partial charge in [0, 0.05) is 122 Å². The van der Waals surface area contributed by atoms with Gasteiger partial charge >= 0.3 is 12.4 Å². The maximum atomic E-state index is 12.9. The van der Waals surface area contributed by atoms with Crippen LogP contribution < -0.4 is 15.1 Å². The lowest BCUT2D eigenvalue weighted by atomic mass is 9.86. The van der Waals surface area contributed by atoms with E-state index in [2.05, 4.69) is 67.5 Å². The van der Waals surface area contributed by atoms with Crippen molar-refractivity contribution >= 4 is 17.9 Å². The number of carbonyl (C=O) groups is 1. The molecule has 0 spiro atoms. The molecule has 12 heterocycles. The van der Waals surface area contributed by atoms with E-state index >= 15 is 0 Å². The molecule has 0 radical (unpaired) electrons. The molecule has 6 aliphatic heterocycles. The first kappa shape index (κ1) is 52.5. The van der Waals surface area contributed by atoms with E-state index in [-0.39, 0.29) is 5.56 Å². The van der Waals surface area contributed by atoms with Crippen molar-refractivity contribution in [2.45, 2.75) is 96.4 Å². The molecule has 14 rings (SSSR count). The summed E-state index contributed by atoms with van der Waals surface area (Å²) in [5.41, 5.74) is 9.33. The molecule has 6 fully saturated rings. The normalized spacial score (nSPS) is 18.8. The first-order valence-corrected chi connectivity index (χ1v) is 25.3. The minimum absolute atomic E-state index is 0.239. The summed E-state index contributed by atoms with van der Waals surface area (Å²) in [6, 6.07) is 27.8. The number of anilines is 2. The number of nitrogens with one attached hydrogen (secondary N) is 3. The molecule has 4 unspecified atom stereocenters. The topological polar surface area (TPSA) is 174 Å². The maximum absolute atomic E-state index is 12.9. The number of aromatic amines is 2. The molecule has 77 heavy (non-hydrogen) atoms. The quantitative estimate of drug-likeness (QED) is 0.0827. The highest BCUT2D eigenvalue weighted by molar-refractivity contribution is 5.74. The summed E-state index contributed by atoms with van der Waals surface area (Å²) in [4.78, 5) is 45.2. The van der Waals surface area contributed by atoms with Gasteiger partial charge in [-0.2, -0.15) is 36.5 Å². The molecule has 3 N–H and O–H groups in total. The van der Waals surface area contributed by atoms with Crippen LogP contribution in [0.5, 0.6) is 0 Å². The number of piperidine rings is 2. The molecule has 6 saturated heterocycles. The number of alkyl halides is 6. The third-order valence-electron chi connectivity index (χ3n) is 14.0. The molecule has 398 valence electrons. The van der Waals surface area contributed by atoms with Gasteiger partial charge in [-0.1, -0.05) is 24.3 Å². The molecule has 15 nitrogen and oxygen atoms in total. The number of halogens is 6. The zero-order chi connectivity index (χ0) is 54.0. The van der Waals surface area contributed by atoms with Gasteiger partial charge in [-0.05, 0) is 119 Å². The second kappa shape index (κ2) is 22.0. The van der Waals surface area contributed by atoms with Gasteiger partial charge in [0.2, 0.25) is 0 Å². The average molecular weight is 1060 g/mol. The fourth-order valence-corrected chi connectivity index (χ4v) is 10.2. The Kier molecular flexibility index (Phi) is 15.0. The Hall–Kier alpha value is -7.91. The third kappa shape index (κ3) is 12.9. The van der Waals surface area contributed by atoms with Gasteiger partial charge in [-0.15, -0.1) is 0 Å². The van der Waals surface area contributed by atoms with E-state index < -0.39 is 23.5 Å². The molecule has 2 aromatic carbocycles. The van der Waals surface area contributed by atoms with Crippen LogP contribution in [0.4, 0.5) is 38.0 Å². The van der Waals surface area contributed by atoms with Crippen LogP contribution in [0.15, 0.2) is 109 Å². The van der Waals surface area contributed by atoms with Crippen molar-refractivity contribution in [3.05, 3.63) is 177 Å². The first-order valence-electron chi connectivity index (χ1n) is 25.3. The highest BCUT2D eigenvalue weighted by Crippen LogP contribution is 2.37. The standard InChI is InChI=1S/C28H28F3N7.C20H23N7.C8H5F3O/c1-17-9-22(11-23-10-18(2)35-36-23)34-27(33-17)20-5-8-26(32-13-20)37-15-24-12-25(16-37)38(24)14-19-3-6-21(7-4-19)28(29,30)31;1-12-5-15(7-16-6-13(2)25-26-16)24-20(22-12)14-3-4-19(21-9-14)27-10-17-8-18(11-27)23-17;9-8(10,11)7-3-1-6(5-12)2-4-7/h3-10,13,24-25H,11-12,14-16H2,1-2H3,(H,35,36);3-6,9,17-18,23H,7-8,10-11H2,1-2H3,(H,25,26);1-5H. The Morgan fingerprint density at radius 2 is 1.01 bits per heavy atom. The van der Waals surface area contributed by atoms with Crippen molar-refractivity contribution in [2.24, 2.45) is 0 Å². The second-order valence-corrected chi connectivity index (χ2v) is 20.2. The van der Waals surface area contributed by atoms with Crippen LogP contribution >= 0.6 is 0 Å². The van der Waals surface area contributed by atoms with E-state index in [9.17, 15) is 31.1 Å². The SMILES string of the molecule is Cc1cc(Cc2cc(C)[nH]n2)nc(-c2ccc(N3CC4CC(C3)N4)nc2)n1.Cc1cc(Cc2cc(C)[nH]n2)nc(-c2ccc(N3CC4CC(C3)N4Cc3ccc(C(F)(F)F)cc3)nc2)n1.O=Cc1ccc(C(F)(F)F)cc1. The highest BCUT2D eigenvalue weighted by atomic mass is 19.4. The van der Waals surface area contributed by atoms with Crippen LogP contribution in [0.1, 0.15) is 85.4 Å². The molecule has 8 aromatic rings. The van der Waals surface area contributed by atoms with Gasteiger partial charge in [-0.25, -0.2) is 29.9 Å². The number of aldehydes is 1. The van der Waals surface area contributed by atoms with E-state index in [1.165, 1.54) is 18.6 Å². The van der Waals surface area contributed by atoms with Crippen LogP contribution in [0.2, 0.25) is 0 Å². The lowest BCUT2D eigenvalue weighted by molar-refractivity contribution is -0.138. The van der Waals surface area contributed by atoms with Crippen molar-refractivity contribution < 1.29 is 31.1 Å². The molecule has 0 amide bonds. The molecular weight excluding hydrogens is 999 g/mol. The van der Waals surface area contributed by atoms with E-state index in [1.807, 2.05) is 76.5 Å². The van der Waals surface area contributed by atoms with Gasteiger partial charge < -0.3 is 15.1 Å². The Labute approximate surface area is 440 Å². The van der Waals surface area contributed by atoms with Crippen molar-refractivity contribution in [1.29, 1.82) is 0 Å². The number of nitrogens with zero attached hydrogens (tertiary/aromatic N) is 11. The van der Waals surface area contributed by atoms with E-state index in [4.69, 9.17) is 15.0 Å². The molecule has 6 aliphatic rings. The Bertz CT molecular complexity index is 3280. The number of aromatic nitrogens is 10. The molecule has 21 heteroatoms. The summed E-state index contributed by atoms with van der Waals surface area (Å²) in [5, 5.41) is 18.1. The minimum Gasteiger partial charge on any atom is -0.353 e. The molecule has 4 bridgehead atoms. The molecule has 0 aliphatic carbocycles. The number of piperazine rings is 2. The lowest BCUT2D eigenvalue weighted by Gasteiger charge is -2.56. The molecule has 6 aromatic heterocycles. The Morgan fingerprint density at radius 3 is 1.42 bits per heavy atom. The summed E-state index contributed by atoms with van der Waals surface area (Å²) in [6.45, 7) is 12.4. The van der Waals surface area contributed by atoms with Crippen molar-refractivity contribution in [2.75, 3.05) is 36.0 Å². The van der Waals surface area contributed by atoms with E-state index in [1.54, 1.807) is 12.1 Å². The van der Waals surface area contributed by atoms with Gasteiger partial charge in [0.25, 0.3) is 0 Å². The zero-order valence-corrected chi connectivity index (χ0v) is 42.7. The van der Waals surface area contributed by atoms with Crippen LogP contribution in [-0.2, 0) is 31.7 Å². The summed E-state index contributed by atoms with van der Waals surface area (Å²) in [7, 11) is 0. The van der Waals surface area contributed by atoms with E-state index in [0.29, 0.717) is 55.7 Å². The van der Waals surface area contributed by atoms with Crippen LogP contribution in [0.3, 0.4) is 0 Å². The minimum atomic E-state index is -4.33. The van der Waals surface area contributed by atoms with Crippen molar-refractivity contribution in [3.8, 4) is 22.8 Å². The van der Waals surface area contributed by atoms with Crippen LogP contribution in [-0.4, -0.2) is 112 Å². The highest BCUT2D eigenvalue weighted by Gasteiger charge is 2.45. The summed E-state index contributed by atoms with van der Waals surface area (Å²) in [6.07, 6.45) is -0.702. The number of hydrogen-bond donors (Lipinski definition) is 3. The number of benzene rings is 2. The number of pyridine rings is 2. The van der Waals surface area contributed by atoms with Crippen LogP contribution in [0.25, 0.3) is 22.8 Å². The number of rotatable bonds is 11. The lowest BCUT2D eigenvalue weighted by Crippen LogP contribution is -2.68. The number of H-pyrrole nitrogens is 2. The molecular formula is C56H56F6N14O. The largest absolute Gasteiger partial charge is 0.416 e. The van der Waals surface area contributed by atoms with Crippen LogP contribution in [0, 0.1) is 27.7 Å². The Morgan fingerprint density at radius 1 is 0.558 bits per heavy atom. The number of carbonyl (C=O) groups excluding carboxylic acids is 1. The zero-order valence-electron chi connectivity index (χ0n) is 42.7. The predicted molar refractivity (Wildman–Crippen MR) is 278 cm³/mol. The van der Waals surface area contributed by atoms with Gasteiger partial charge in [0.1, 0.15) is 17.9 Å². The van der Waals surface area contributed by atoms with E-state index in [0.717, 1.165) is 137 Å². The number of hydrogen-bond acceptors (Lipinski definition) is 13. The van der Waals surface area contributed by atoms with Crippen molar-refractivity contribution in [1.82, 2.24) is 60.5 Å². The third-order valence-corrected chi connectivity index (χ3v) is 14.0. The fraction of sp³-hybridized carbons (Fsp3) is 0.339. The van der Waals surface area contributed by atoms with Gasteiger partial charge in [0.05, 0.1) is 33.9 Å². The van der Waals surface area contributed by atoms with Gasteiger partial charge in [-0.3, -0.25) is 19.9 Å². The average Bonchev–Trinajstić information content (AvgIpc) is 4.04. The summed E-state index contributed by atoms with van der Waals surface area (Å²) in [5.74, 6) is 3.32. The summed E-state index contributed by atoms with van der Waals surface area (Å²) >= 11 is 0.